The van der Waals surface area contributed by atoms with Crippen LogP contribution in [0, 0.1) is 29.1 Å². The molecule has 4 unspecified atom stereocenters. The van der Waals surface area contributed by atoms with E-state index < -0.39 is 11.4 Å². The molecule has 3 aliphatic carbocycles. The van der Waals surface area contributed by atoms with Crippen LogP contribution in [-0.4, -0.2) is 23.0 Å². The third-order valence-corrected chi connectivity index (χ3v) is 5.33. The molecule has 106 valence electrons. The van der Waals surface area contributed by atoms with Crippen molar-refractivity contribution in [2.24, 2.45) is 29.1 Å². The van der Waals surface area contributed by atoms with Crippen LogP contribution in [0.25, 0.3) is 0 Å². The molecule has 3 fully saturated rings. The number of carbonyl (C=O) groups is 2. The minimum atomic E-state index is -0.834. The summed E-state index contributed by atoms with van der Waals surface area (Å²) in [5.74, 6) is 2.39. The number of rotatable bonds is 5. The second-order valence-corrected chi connectivity index (χ2v) is 7.49. The summed E-state index contributed by atoms with van der Waals surface area (Å²) < 4.78 is 0. The highest BCUT2D eigenvalue weighted by atomic mass is 16.4. The normalized spacial score (nSPS) is 38.9. The molecular formula is C15H23NO3. The molecular weight excluding hydrogens is 242 g/mol. The molecule has 0 aliphatic heterocycles. The fourth-order valence-electron chi connectivity index (χ4n) is 4.66. The molecule has 2 bridgehead atoms. The van der Waals surface area contributed by atoms with Crippen LogP contribution in [0.15, 0.2) is 0 Å². The Balaban J connectivity index is 1.49. The highest BCUT2D eigenvalue weighted by molar-refractivity contribution is 5.78. The first-order valence-electron chi connectivity index (χ1n) is 7.38. The molecule has 0 aromatic heterocycles. The highest BCUT2D eigenvalue weighted by Gasteiger charge is 2.65. The Morgan fingerprint density at radius 1 is 1.16 bits per heavy atom. The topological polar surface area (TPSA) is 66.4 Å². The summed E-state index contributed by atoms with van der Waals surface area (Å²) in [6.07, 6.45) is 4.44. The van der Waals surface area contributed by atoms with E-state index in [4.69, 9.17) is 5.11 Å². The second kappa shape index (κ2) is 4.22. The van der Waals surface area contributed by atoms with Crippen molar-refractivity contribution in [1.29, 1.82) is 0 Å². The van der Waals surface area contributed by atoms with Crippen molar-refractivity contribution in [1.82, 2.24) is 5.32 Å². The van der Waals surface area contributed by atoms with Crippen molar-refractivity contribution in [3.8, 4) is 0 Å². The Hall–Kier alpha value is -1.06. The summed E-state index contributed by atoms with van der Waals surface area (Å²) in [4.78, 5) is 22.8. The van der Waals surface area contributed by atoms with Crippen LogP contribution in [0.2, 0.25) is 0 Å². The van der Waals surface area contributed by atoms with Crippen molar-refractivity contribution in [3.63, 3.8) is 0 Å². The van der Waals surface area contributed by atoms with Crippen molar-refractivity contribution < 1.29 is 14.7 Å². The van der Waals surface area contributed by atoms with E-state index in [1.165, 1.54) is 19.3 Å². The zero-order chi connectivity index (χ0) is 13.8. The van der Waals surface area contributed by atoms with E-state index in [0.717, 1.165) is 23.7 Å². The Labute approximate surface area is 113 Å². The SMILES string of the molecule is CC(C)(CC(=O)O)CC(=O)NC1C2C3CCC(C3)C12. The van der Waals surface area contributed by atoms with E-state index in [0.29, 0.717) is 12.5 Å². The largest absolute Gasteiger partial charge is 0.481 e. The highest BCUT2D eigenvalue weighted by Crippen LogP contribution is 2.65. The Morgan fingerprint density at radius 2 is 1.74 bits per heavy atom. The number of hydrogen-bond donors (Lipinski definition) is 2. The van der Waals surface area contributed by atoms with Gasteiger partial charge in [0.25, 0.3) is 0 Å². The van der Waals surface area contributed by atoms with Gasteiger partial charge in [-0.25, -0.2) is 0 Å². The summed E-state index contributed by atoms with van der Waals surface area (Å²) in [5.41, 5.74) is -0.459. The lowest BCUT2D eigenvalue weighted by atomic mass is 9.85. The molecule has 4 atom stereocenters. The molecule has 4 nitrogen and oxygen atoms in total. The fraction of sp³-hybridized carbons (Fsp3) is 0.867. The van der Waals surface area contributed by atoms with Crippen LogP contribution in [-0.2, 0) is 9.59 Å². The summed E-state index contributed by atoms with van der Waals surface area (Å²) >= 11 is 0. The van der Waals surface area contributed by atoms with Gasteiger partial charge < -0.3 is 10.4 Å². The maximum absolute atomic E-state index is 12.1. The van der Waals surface area contributed by atoms with Crippen molar-refractivity contribution in [3.05, 3.63) is 0 Å². The quantitative estimate of drug-likeness (QED) is 0.799. The Bertz CT molecular complexity index is 402. The van der Waals surface area contributed by atoms with Crippen LogP contribution in [0.5, 0.6) is 0 Å². The first-order chi connectivity index (χ1) is 8.87. The smallest absolute Gasteiger partial charge is 0.303 e. The van der Waals surface area contributed by atoms with Gasteiger partial charge in [0.1, 0.15) is 0 Å². The van der Waals surface area contributed by atoms with E-state index in [1.807, 2.05) is 13.8 Å². The number of carbonyl (C=O) groups excluding carboxylic acids is 1. The maximum atomic E-state index is 12.1. The van der Waals surface area contributed by atoms with Gasteiger partial charge in [0.15, 0.2) is 0 Å². The predicted molar refractivity (Wildman–Crippen MR) is 70.4 cm³/mol. The van der Waals surface area contributed by atoms with Crippen LogP contribution in [0.1, 0.15) is 46.0 Å². The van der Waals surface area contributed by atoms with Gasteiger partial charge in [-0.3, -0.25) is 9.59 Å². The number of carboxylic acids is 1. The molecule has 1 amide bonds. The average Bonchev–Trinajstić information content (AvgIpc) is 2.68. The van der Waals surface area contributed by atoms with Crippen LogP contribution in [0.3, 0.4) is 0 Å². The molecule has 0 aromatic carbocycles. The van der Waals surface area contributed by atoms with E-state index in [-0.39, 0.29) is 12.3 Å². The minimum Gasteiger partial charge on any atom is -0.481 e. The van der Waals surface area contributed by atoms with Crippen LogP contribution >= 0.6 is 0 Å². The lowest BCUT2D eigenvalue weighted by Gasteiger charge is -2.22. The van der Waals surface area contributed by atoms with Gasteiger partial charge in [0, 0.05) is 12.5 Å². The first kappa shape index (κ1) is 12.9. The molecule has 4 heteroatoms. The zero-order valence-electron chi connectivity index (χ0n) is 11.7. The summed E-state index contributed by atoms with van der Waals surface area (Å²) in [7, 11) is 0. The van der Waals surface area contributed by atoms with Gasteiger partial charge >= 0.3 is 5.97 Å². The van der Waals surface area contributed by atoms with Gasteiger partial charge in [-0.1, -0.05) is 13.8 Å². The van der Waals surface area contributed by atoms with Gasteiger partial charge in [-0.05, 0) is 48.3 Å². The van der Waals surface area contributed by atoms with E-state index in [1.54, 1.807) is 0 Å². The van der Waals surface area contributed by atoms with Crippen molar-refractivity contribution >= 4 is 11.9 Å². The third kappa shape index (κ3) is 2.37. The van der Waals surface area contributed by atoms with Gasteiger partial charge in [0.2, 0.25) is 5.91 Å². The molecule has 2 N–H and O–H groups in total. The molecule has 0 saturated heterocycles. The summed E-state index contributed by atoms with van der Waals surface area (Å²) in [5, 5.41) is 12.0. The van der Waals surface area contributed by atoms with Crippen molar-refractivity contribution in [2.45, 2.75) is 52.0 Å². The van der Waals surface area contributed by atoms with Gasteiger partial charge in [0.05, 0.1) is 6.42 Å². The Kier molecular flexibility index (Phi) is 2.88. The monoisotopic (exact) mass is 265 g/mol. The molecule has 19 heavy (non-hydrogen) atoms. The van der Waals surface area contributed by atoms with Gasteiger partial charge in [-0.2, -0.15) is 0 Å². The standard InChI is InChI=1S/C15H23NO3/c1-15(2,7-11(18)19)6-10(17)16-14-12-8-3-4-9(5-8)13(12)14/h8-9,12-14H,3-7H2,1-2H3,(H,16,17)(H,18,19). The molecule has 0 radical (unpaired) electrons. The lowest BCUT2D eigenvalue weighted by Crippen LogP contribution is -2.34. The fourth-order valence-corrected chi connectivity index (χ4v) is 4.66. The number of hydrogen-bond acceptors (Lipinski definition) is 2. The van der Waals surface area contributed by atoms with Gasteiger partial charge in [-0.15, -0.1) is 0 Å². The molecule has 0 aromatic rings. The average molecular weight is 265 g/mol. The van der Waals surface area contributed by atoms with Crippen molar-refractivity contribution in [2.75, 3.05) is 0 Å². The molecule has 0 heterocycles. The molecule has 0 spiro atoms. The van der Waals surface area contributed by atoms with E-state index in [9.17, 15) is 9.59 Å². The Morgan fingerprint density at radius 3 is 2.26 bits per heavy atom. The maximum Gasteiger partial charge on any atom is 0.303 e. The molecule has 3 rings (SSSR count). The zero-order valence-corrected chi connectivity index (χ0v) is 11.7. The summed E-state index contributed by atoms with van der Waals surface area (Å²) in [6.45, 7) is 3.69. The predicted octanol–water partition coefficient (Wildman–Crippen LogP) is 2.04. The summed E-state index contributed by atoms with van der Waals surface area (Å²) in [6, 6.07) is 0.402. The number of carboxylic acid groups (broad SMARTS) is 1. The number of amides is 1. The number of aliphatic carboxylic acids is 1. The number of nitrogens with one attached hydrogen (secondary N) is 1. The molecule has 3 aliphatic rings. The minimum absolute atomic E-state index is 0.0325. The van der Waals surface area contributed by atoms with E-state index in [2.05, 4.69) is 5.32 Å². The van der Waals surface area contributed by atoms with Crippen LogP contribution in [0.4, 0.5) is 0 Å². The van der Waals surface area contributed by atoms with Crippen LogP contribution < -0.4 is 5.32 Å². The first-order valence-corrected chi connectivity index (χ1v) is 7.38. The lowest BCUT2D eigenvalue weighted by molar-refractivity contribution is -0.139. The third-order valence-electron chi connectivity index (χ3n) is 5.33. The number of fused-ring (bicyclic) bond motifs is 5. The molecule has 3 saturated carbocycles. The second-order valence-electron chi connectivity index (χ2n) is 7.49. The van der Waals surface area contributed by atoms with E-state index >= 15 is 0 Å².